The molecule has 0 unspecified atom stereocenters. The summed E-state index contributed by atoms with van der Waals surface area (Å²) < 4.78 is 2.60. The zero-order valence-corrected chi connectivity index (χ0v) is 13.5. The van der Waals surface area contributed by atoms with Crippen molar-refractivity contribution >= 4 is 42.9 Å². The van der Waals surface area contributed by atoms with E-state index in [1.54, 1.807) is 0 Å². The third-order valence-corrected chi connectivity index (χ3v) is 5.34. The van der Waals surface area contributed by atoms with Gasteiger partial charge in [-0.25, -0.2) is 0 Å². The number of nitriles is 1. The fourth-order valence-electron chi connectivity index (χ4n) is 2.90. The standard InChI is InChI=1S/C20H14N2S/c1-22(15-11-9-14(13-21)10-12-15)18-7-4-6-17-16-5-2-3-8-19(16)23-20(17)18/h2-12H,1H3. The molecule has 3 heteroatoms. The van der Waals surface area contributed by atoms with E-state index in [0.29, 0.717) is 5.56 Å². The average Bonchev–Trinajstić information content (AvgIpc) is 3.00. The van der Waals surface area contributed by atoms with E-state index < -0.39 is 0 Å². The van der Waals surface area contributed by atoms with Crippen molar-refractivity contribution < 1.29 is 0 Å². The van der Waals surface area contributed by atoms with E-state index in [1.807, 2.05) is 35.6 Å². The zero-order valence-electron chi connectivity index (χ0n) is 12.7. The summed E-state index contributed by atoms with van der Waals surface area (Å²) in [6, 6.07) is 24.8. The van der Waals surface area contributed by atoms with Gasteiger partial charge in [-0.2, -0.15) is 5.26 Å². The molecule has 0 bridgehead atoms. The Morgan fingerprint density at radius 2 is 1.61 bits per heavy atom. The molecule has 0 aliphatic heterocycles. The fraction of sp³-hybridized carbons (Fsp3) is 0.0500. The smallest absolute Gasteiger partial charge is 0.0991 e. The third-order valence-electron chi connectivity index (χ3n) is 4.13. The van der Waals surface area contributed by atoms with E-state index in [4.69, 9.17) is 5.26 Å². The van der Waals surface area contributed by atoms with E-state index in [-0.39, 0.29) is 0 Å². The van der Waals surface area contributed by atoms with Crippen LogP contribution in [0.25, 0.3) is 20.2 Å². The van der Waals surface area contributed by atoms with E-state index in [1.165, 1.54) is 25.9 Å². The Morgan fingerprint density at radius 1 is 0.870 bits per heavy atom. The van der Waals surface area contributed by atoms with E-state index in [9.17, 15) is 0 Å². The number of anilines is 2. The molecule has 0 spiro atoms. The summed E-state index contributed by atoms with van der Waals surface area (Å²) in [5, 5.41) is 11.5. The first kappa shape index (κ1) is 13.8. The summed E-state index contributed by atoms with van der Waals surface area (Å²) in [6.07, 6.45) is 0. The van der Waals surface area contributed by atoms with Crippen LogP contribution in [0.4, 0.5) is 11.4 Å². The van der Waals surface area contributed by atoms with Gasteiger partial charge in [0.05, 0.1) is 22.0 Å². The lowest BCUT2D eigenvalue weighted by Gasteiger charge is -2.20. The molecule has 3 aromatic carbocycles. The highest BCUT2D eigenvalue weighted by atomic mass is 32.1. The van der Waals surface area contributed by atoms with Crippen LogP contribution >= 0.6 is 11.3 Å². The Balaban J connectivity index is 1.89. The second-order valence-electron chi connectivity index (χ2n) is 5.47. The Kier molecular flexibility index (Phi) is 3.25. The predicted octanol–water partition coefficient (Wildman–Crippen LogP) is 5.69. The first-order valence-corrected chi connectivity index (χ1v) is 8.24. The number of hydrogen-bond donors (Lipinski definition) is 0. The van der Waals surface area contributed by atoms with Crippen LogP contribution in [-0.4, -0.2) is 7.05 Å². The van der Waals surface area contributed by atoms with Crippen molar-refractivity contribution in [3.63, 3.8) is 0 Å². The van der Waals surface area contributed by atoms with Gasteiger partial charge >= 0.3 is 0 Å². The van der Waals surface area contributed by atoms with Crippen LogP contribution in [0.2, 0.25) is 0 Å². The summed E-state index contributed by atoms with van der Waals surface area (Å²) in [5.41, 5.74) is 2.95. The van der Waals surface area contributed by atoms with E-state index >= 15 is 0 Å². The molecular formula is C20H14N2S. The Hall–Kier alpha value is -2.83. The van der Waals surface area contributed by atoms with Gasteiger partial charge in [-0.3, -0.25) is 0 Å². The number of hydrogen-bond acceptors (Lipinski definition) is 3. The van der Waals surface area contributed by atoms with Crippen LogP contribution in [0.15, 0.2) is 66.7 Å². The van der Waals surface area contributed by atoms with Crippen molar-refractivity contribution in [1.82, 2.24) is 0 Å². The maximum absolute atomic E-state index is 8.94. The lowest BCUT2D eigenvalue weighted by atomic mass is 10.1. The first-order chi connectivity index (χ1) is 11.3. The quantitative estimate of drug-likeness (QED) is 0.475. The summed E-state index contributed by atoms with van der Waals surface area (Å²) in [4.78, 5) is 2.18. The summed E-state index contributed by atoms with van der Waals surface area (Å²) >= 11 is 1.82. The van der Waals surface area contributed by atoms with E-state index in [2.05, 4.69) is 60.5 Å². The third kappa shape index (κ3) is 2.25. The Bertz CT molecular complexity index is 1040. The van der Waals surface area contributed by atoms with Crippen LogP contribution in [0, 0.1) is 11.3 Å². The van der Waals surface area contributed by atoms with Crippen LogP contribution < -0.4 is 4.90 Å². The number of rotatable bonds is 2. The van der Waals surface area contributed by atoms with Gasteiger partial charge in [0.15, 0.2) is 0 Å². The lowest BCUT2D eigenvalue weighted by molar-refractivity contribution is 1.22. The second-order valence-corrected chi connectivity index (χ2v) is 6.52. The Labute approximate surface area is 138 Å². The van der Waals surface area contributed by atoms with Crippen LogP contribution in [0.3, 0.4) is 0 Å². The molecule has 1 heterocycles. The molecule has 0 atom stereocenters. The molecule has 0 aliphatic carbocycles. The maximum Gasteiger partial charge on any atom is 0.0991 e. The van der Waals surface area contributed by atoms with Gasteiger partial charge in [-0.1, -0.05) is 30.3 Å². The molecule has 0 saturated heterocycles. The fourth-order valence-corrected chi connectivity index (χ4v) is 4.15. The molecule has 4 rings (SSSR count). The van der Waals surface area contributed by atoms with Crippen molar-refractivity contribution in [2.45, 2.75) is 0 Å². The minimum absolute atomic E-state index is 0.683. The first-order valence-electron chi connectivity index (χ1n) is 7.42. The minimum atomic E-state index is 0.683. The van der Waals surface area contributed by atoms with Crippen molar-refractivity contribution in [2.75, 3.05) is 11.9 Å². The highest BCUT2D eigenvalue weighted by molar-refractivity contribution is 7.26. The lowest BCUT2D eigenvalue weighted by Crippen LogP contribution is -2.09. The molecule has 0 fully saturated rings. The number of nitrogens with zero attached hydrogens (tertiary/aromatic N) is 2. The SMILES string of the molecule is CN(c1ccc(C#N)cc1)c1cccc2c1sc1ccccc12. The normalized spacial score (nSPS) is 10.8. The average molecular weight is 314 g/mol. The van der Waals surface area contributed by atoms with Gasteiger partial charge in [0.2, 0.25) is 0 Å². The largest absolute Gasteiger partial charge is 0.343 e. The number of fused-ring (bicyclic) bond motifs is 3. The zero-order chi connectivity index (χ0) is 15.8. The Morgan fingerprint density at radius 3 is 2.39 bits per heavy atom. The summed E-state index contributed by atoms with van der Waals surface area (Å²) in [7, 11) is 2.07. The van der Waals surface area contributed by atoms with Crippen LogP contribution in [-0.2, 0) is 0 Å². The van der Waals surface area contributed by atoms with Gasteiger partial charge in [0.25, 0.3) is 0 Å². The number of benzene rings is 3. The molecule has 23 heavy (non-hydrogen) atoms. The van der Waals surface area contributed by atoms with Gasteiger partial charge in [-0.05, 0) is 36.4 Å². The molecule has 0 amide bonds. The van der Waals surface area contributed by atoms with Gasteiger partial charge < -0.3 is 4.90 Å². The monoisotopic (exact) mass is 314 g/mol. The molecule has 1 aromatic heterocycles. The highest BCUT2D eigenvalue weighted by Gasteiger charge is 2.12. The molecular weight excluding hydrogens is 300 g/mol. The molecule has 0 saturated carbocycles. The maximum atomic E-state index is 8.94. The minimum Gasteiger partial charge on any atom is -0.343 e. The van der Waals surface area contributed by atoms with E-state index in [0.717, 1.165) is 5.69 Å². The van der Waals surface area contributed by atoms with Gasteiger partial charge in [0, 0.05) is 28.2 Å². The molecule has 0 aliphatic rings. The van der Waals surface area contributed by atoms with Crippen molar-refractivity contribution in [1.29, 1.82) is 5.26 Å². The van der Waals surface area contributed by atoms with Crippen LogP contribution in [0.5, 0.6) is 0 Å². The highest BCUT2D eigenvalue weighted by Crippen LogP contribution is 2.40. The van der Waals surface area contributed by atoms with Crippen LogP contribution in [0.1, 0.15) is 5.56 Å². The topological polar surface area (TPSA) is 27.0 Å². The van der Waals surface area contributed by atoms with Gasteiger partial charge in [-0.15, -0.1) is 11.3 Å². The van der Waals surface area contributed by atoms with Crippen molar-refractivity contribution in [3.8, 4) is 6.07 Å². The summed E-state index contributed by atoms with van der Waals surface area (Å²) in [6.45, 7) is 0. The van der Waals surface area contributed by atoms with Crippen molar-refractivity contribution in [3.05, 3.63) is 72.3 Å². The molecule has 2 nitrogen and oxygen atoms in total. The molecule has 0 radical (unpaired) electrons. The molecule has 0 N–H and O–H groups in total. The second kappa shape index (κ2) is 5.42. The van der Waals surface area contributed by atoms with Crippen molar-refractivity contribution in [2.24, 2.45) is 0 Å². The molecule has 110 valence electrons. The predicted molar refractivity (Wildman–Crippen MR) is 98.6 cm³/mol. The van der Waals surface area contributed by atoms with Gasteiger partial charge in [0.1, 0.15) is 0 Å². The summed E-state index contributed by atoms with van der Waals surface area (Å²) in [5.74, 6) is 0. The molecule has 4 aromatic rings. The number of thiophene rings is 1.